The molecule has 1 saturated heterocycles. The summed E-state index contributed by atoms with van der Waals surface area (Å²) in [6, 6.07) is 1.92. The van der Waals surface area contributed by atoms with E-state index in [1.54, 1.807) is 6.20 Å². The molecule has 7 heteroatoms. The molecule has 1 amide bonds. The number of aliphatic hydroxyl groups is 2. The molecule has 0 radical (unpaired) electrons. The first kappa shape index (κ1) is 17.4. The summed E-state index contributed by atoms with van der Waals surface area (Å²) in [6.07, 6.45) is 1.59. The summed E-state index contributed by atoms with van der Waals surface area (Å²) in [5.41, 5.74) is 0.0434. The van der Waals surface area contributed by atoms with Crippen LogP contribution in [-0.4, -0.2) is 89.8 Å². The molecule has 1 aliphatic rings. The first-order chi connectivity index (χ1) is 10.2. The third-order valence-electron chi connectivity index (χ3n) is 3.54. The van der Waals surface area contributed by atoms with Gasteiger partial charge in [-0.05, 0) is 6.54 Å². The molecule has 7 nitrogen and oxygen atoms in total. The third-order valence-corrected chi connectivity index (χ3v) is 3.54. The zero-order valence-corrected chi connectivity index (χ0v) is 12.5. The van der Waals surface area contributed by atoms with E-state index in [4.69, 9.17) is 10.2 Å². The van der Waals surface area contributed by atoms with Gasteiger partial charge in [0.15, 0.2) is 0 Å². The molecule has 0 aromatic rings. The Bertz CT molecular complexity index is 392. The Hall–Kier alpha value is -1.62. The number of likely N-dealkylation sites (N-methyl/N-ethyl adjacent to an activating group) is 1. The summed E-state index contributed by atoms with van der Waals surface area (Å²) in [5.74, 6) is -0.446. The van der Waals surface area contributed by atoms with Crippen LogP contribution in [0.3, 0.4) is 0 Å². The number of aliphatic hydroxyl groups excluding tert-OH is 2. The predicted octanol–water partition coefficient (Wildman–Crippen LogP) is -1.16. The minimum absolute atomic E-state index is 0.0434. The quantitative estimate of drug-likeness (QED) is 0.455. The number of hydrogen-bond acceptors (Lipinski definition) is 6. The standard InChI is InChI=1S/C14H24N4O3/c1-2-16-3-5-17(6-4-16)12-13(11-15)14(21)18(7-9-19)8-10-20/h12,19-20H,2-10H2,1H3/b13-12-. The van der Waals surface area contributed by atoms with Crippen molar-refractivity contribution < 1.29 is 15.0 Å². The highest BCUT2D eigenvalue weighted by Crippen LogP contribution is 2.07. The van der Waals surface area contributed by atoms with Crippen LogP contribution in [0.2, 0.25) is 0 Å². The van der Waals surface area contributed by atoms with Gasteiger partial charge in [-0.2, -0.15) is 5.26 Å². The van der Waals surface area contributed by atoms with Gasteiger partial charge in [-0.15, -0.1) is 0 Å². The average Bonchev–Trinajstić information content (AvgIpc) is 2.52. The monoisotopic (exact) mass is 296 g/mol. The average molecular weight is 296 g/mol. The molecule has 0 saturated carbocycles. The lowest BCUT2D eigenvalue weighted by Crippen LogP contribution is -2.44. The van der Waals surface area contributed by atoms with E-state index < -0.39 is 5.91 Å². The van der Waals surface area contributed by atoms with Gasteiger partial charge in [0.1, 0.15) is 11.6 Å². The fraction of sp³-hybridized carbons (Fsp3) is 0.714. The van der Waals surface area contributed by atoms with E-state index in [-0.39, 0.29) is 31.9 Å². The third kappa shape index (κ3) is 5.34. The lowest BCUT2D eigenvalue weighted by molar-refractivity contribution is -0.127. The van der Waals surface area contributed by atoms with E-state index in [0.717, 1.165) is 32.7 Å². The van der Waals surface area contributed by atoms with E-state index in [9.17, 15) is 10.1 Å². The zero-order chi connectivity index (χ0) is 15.7. The van der Waals surface area contributed by atoms with Gasteiger partial charge in [0.25, 0.3) is 5.91 Å². The smallest absolute Gasteiger partial charge is 0.266 e. The Balaban J connectivity index is 2.70. The minimum atomic E-state index is -0.446. The minimum Gasteiger partial charge on any atom is -0.395 e. The van der Waals surface area contributed by atoms with Gasteiger partial charge in [0.2, 0.25) is 0 Å². The lowest BCUT2D eigenvalue weighted by atomic mass is 10.2. The van der Waals surface area contributed by atoms with Crippen LogP contribution in [0.1, 0.15) is 6.92 Å². The largest absolute Gasteiger partial charge is 0.395 e. The SMILES string of the molecule is CCN1CCN(/C=C(/C#N)C(=O)N(CCO)CCO)CC1. The number of nitriles is 1. The lowest BCUT2D eigenvalue weighted by Gasteiger charge is -2.33. The fourth-order valence-electron chi connectivity index (χ4n) is 2.25. The highest BCUT2D eigenvalue weighted by molar-refractivity contribution is 5.97. The van der Waals surface area contributed by atoms with Crippen LogP contribution in [0.5, 0.6) is 0 Å². The van der Waals surface area contributed by atoms with Gasteiger partial charge >= 0.3 is 0 Å². The Labute approximate surface area is 125 Å². The highest BCUT2D eigenvalue weighted by Gasteiger charge is 2.20. The van der Waals surface area contributed by atoms with Crippen LogP contribution in [0.25, 0.3) is 0 Å². The molecule has 0 atom stereocenters. The van der Waals surface area contributed by atoms with E-state index in [2.05, 4.69) is 11.8 Å². The van der Waals surface area contributed by atoms with Crippen molar-refractivity contribution in [2.45, 2.75) is 6.92 Å². The molecule has 1 heterocycles. The highest BCUT2D eigenvalue weighted by atomic mass is 16.3. The Kier molecular flexibility index (Phi) is 7.75. The van der Waals surface area contributed by atoms with Crippen LogP contribution >= 0.6 is 0 Å². The number of rotatable bonds is 7. The number of nitrogens with zero attached hydrogens (tertiary/aromatic N) is 4. The number of carbonyl (C=O) groups is 1. The molecule has 0 aromatic carbocycles. The predicted molar refractivity (Wildman–Crippen MR) is 78.1 cm³/mol. The van der Waals surface area contributed by atoms with Crippen LogP contribution in [0.15, 0.2) is 11.8 Å². The molecule has 1 rings (SSSR count). The maximum absolute atomic E-state index is 12.2. The van der Waals surface area contributed by atoms with E-state index in [1.807, 2.05) is 11.0 Å². The number of amides is 1. The summed E-state index contributed by atoms with van der Waals surface area (Å²) in [7, 11) is 0. The van der Waals surface area contributed by atoms with Crippen molar-refractivity contribution in [1.82, 2.24) is 14.7 Å². The summed E-state index contributed by atoms with van der Waals surface area (Å²) in [5, 5.41) is 27.1. The van der Waals surface area contributed by atoms with Crippen LogP contribution in [0, 0.1) is 11.3 Å². The second-order valence-electron chi connectivity index (χ2n) is 4.86. The number of carbonyl (C=O) groups excluding carboxylic acids is 1. The molecule has 1 aliphatic heterocycles. The van der Waals surface area contributed by atoms with Gasteiger partial charge in [0.05, 0.1) is 13.2 Å². The Morgan fingerprint density at radius 1 is 1.24 bits per heavy atom. The number of hydrogen-bond donors (Lipinski definition) is 2. The van der Waals surface area contributed by atoms with Crippen molar-refractivity contribution in [2.24, 2.45) is 0 Å². The summed E-state index contributed by atoms with van der Waals surface area (Å²) in [4.78, 5) is 17.8. The van der Waals surface area contributed by atoms with Crippen molar-refractivity contribution in [3.05, 3.63) is 11.8 Å². The van der Waals surface area contributed by atoms with Crippen molar-refractivity contribution in [3.8, 4) is 6.07 Å². The molecule has 0 aromatic heterocycles. The molecule has 0 unspecified atom stereocenters. The second-order valence-corrected chi connectivity index (χ2v) is 4.86. The van der Waals surface area contributed by atoms with Crippen LogP contribution < -0.4 is 0 Å². The molecule has 0 spiro atoms. The fourth-order valence-corrected chi connectivity index (χ4v) is 2.25. The molecule has 2 N–H and O–H groups in total. The molecule has 0 aliphatic carbocycles. The normalized spacial score (nSPS) is 16.7. The van der Waals surface area contributed by atoms with Gasteiger partial charge in [-0.3, -0.25) is 4.79 Å². The Morgan fingerprint density at radius 3 is 2.24 bits per heavy atom. The van der Waals surface area contributed by atoms with E-state index in [1.165, 1.54) is 4.90 Å². The maximum Gasteiger partial charge on any atom is 0.266 e. The molecular weight excluding hydrogens is 272 g/mol. The molecule has 0 bridgehead atoms. The van der Waals surface area contributed by atoms with Crippen molar-refractivity contribution in [2.75, 3.05) is 59.0 Å². The van der Waals surface area contributed by atoms with Crippen molar-refractivity contribution in [3.63, 3.8) is 0 Å². The van der Waals surface area contributed by atoms with Crippen LogP contribution in [0.4, 0.5) is 0 Å². The molecule has 1 fully saturated rings. The number of piperazine rings is 1. The Morgan fingerprint density at radius 2 is 1.81 bits per heavy atom. The van der Waals surface area contributed by atoms with Gasteiger partial charge < -0.3 is 24.9 Å². The summed E-state index contributed by atoms with van der Waals surface area (Å²) in [6.45, 7) is 6.34. The molecular formula is C14H24N4O3. The summed E-state index contributed by atoms with van der Waals surface area (Å²) >= 11 is 0. The first-order valence-corrected chi connectivity index (χ1v) is 7.25. The van der Waals surface area contributed by atoms with Crippen molar-refractivity contribution in [1.29, 1.82) is 5.26 Å². The van der Waals surface area contributed by atoms with E-state index in [0.29, 0.717) is 0 Å². The van der Waals surface area contributed by atoms with Gasteiger partial charge in [-0.1, -0.05) is 6.92 Å². The van der Waals surface area contributed by atoms with E-state index >= 15 is 0 Å². The van der Waals surface area contributed by atoms with Crippen molar-refractivity contribution >= 4 is 5.91 Å². The maximum atomic E-state index is 12.2. The van der Waals surface area contributed by atoms with Gasteiger partial charge in [-0.25, -0.2) is 0 Å². The summed E-state index contributed by atoms with van der Waals surface area (Å²) < 4.78 is 0. The molecule has 21 heavy (non-hydrogen) atoms. The molecule has 118 valence electrons. The van der Waals surface area contributed by atoms with Gasteiger partial charge in [0, 0.05) is 45.5 Å². The van der Waals surface area contributed by atoms with Crippen LogP contribution in [-0.2, 0) is 4.79 Å². The zero-order valence-electron chi connectivity index (χ0n) is 12.5. The second kappa shape index (κ2) is 9.34. The first-order valence-electron chi connectivity index (χ1n) is 7.25. The topological polar surface area (TPSA) is 91.0 Å².